The average molecular weight is 258 g/mol. The van der Waals surface area contributed by atoms with Crippen LogP contribution in [0.1, 0.15) is 32.1 Å². The van der Waals surface area contributed by atoms with Crippen LogP contribution < -0.4 is 0 Å². The van der Waals surface area contributed by atoms with Gasteiger partial charge in [0, 0.05) is 15.5 Å². The zero-order valence-corrected chi connectivity index (χ0v) is 11.2. The number of thioether (sulfide) groups is 1. The van der Waals surface area contributed by atoms with E-state index in [0.29, 0.717) is 5.75 Å². The Balaban J connectivity index is 1.94. The highest BCUT2D eigenvalue weighted by Crippen LogP contribution is 2.39. The van der Waals surface area contributed by atoms with Crippen molar-refractivity contribution < 1.29 is 5.11 Å². The Kier molecular flexibility index (Phi) is 3.46. The molecule has 0 bridgehead atoms. The van der Waals surface area contributed by atoms with Crippen LogP contribution in [0.15, 0.2) is 41.3 Å². The monoisotopic (exact) mass is 258 g/mol. The molecule has 1 aliphatic carbocycles. The summed E-state index contributed by atoms with van der Waals surface area (Å²) in [4.78, 5) is 1.32. The van der Waals surface area contributed by atoms with Gasteiger partial charge in [-0.3, -0.25) is 0 Å². The van der Waals surface area contributed by atoms with Gasteiger partial charge >= 0.3 is 0 Å². The molecule has 0 atom stereocenters. The quantitative estimate of drug-likeness (QED) is 0.820. The summed E-state index contributed by atoms with van der Waals surface area (Å²) in [5.41, 5.74) is 0. The van der Waals surface area contributed by atoms with E-state index in [0.717, 1.165) is 10.6 Å². The Bertz CT molecular complexity index is 544. The van der Waals surface area contributed by atoms with Crippen molar-refractivity contribution in [1.82, 2.24) is 0 Å². The molecule has 1 nitrogen and oxygen atoms in total. The van der Waals surface area contributed by atoms with Gasteiger partial charge in [0.1, 0.15) is 5.75 Å². The molecule has 0 heterocycles. The van der Waals surface area contributed by atoms with Gasteiger partial charge in [0.2, 0.25) is 0 Å². The summed E-state index contributed by atoms with van der Waals surface area (Å²) in [5.74, 6) is 0.388. The fraction of sp³-hybridized carbons (Fsp3) is 0.375. The van der Waals surface area contributed by atoms with Crippen LogP contribution in [0.5, 0.6) is 5.75 Å². The molecule has 1 fully saturated rings. The van der Waals surface area contributed by atoms with Crippen molar-refractivity contribution in [2.45, 2.75) is 42.2 Å². The van der Waals surface area contributed by atoms with Gasteiger partial charge in [-0.25, -0.2) is 0 Å². The van der Waals surface area contributed by atoms with E-state index in [1.165, 1.54) is 42.4 Å². The maximum atomic E-state index is 9.89. The van der Waals surface area contributed by atoms with Gasteiger partial charge in [-0.2, -0.15) is 0 Å². The normalized spacial score (nSPS) is 17.1. The lowest BCUT2D eigenvalue weighted by atomic mass is 10.0. The summed E-state index contributed by atoms with van der Waals surface area (Å²) in [6.07, 6.45) is 6.80. The summed E-state index contributed by atoms with van der Waals surface area (Å²) in [5, 5.41) is 12.8. The second-order valence-electron chi connectivity index (χ2n) is 5.01. The van der Waals surface area contributed by atoms with E-state index in [9.17, 15) is 5.11 Å². The van der Waals surface area contributed by atoms with Gasteiger partial charge in [0.15, 0.2) is 0 Å². The van der Waals surface area contributed by atoms with E-state index >= 15 is 0 Å². The second kappa shape index (κ2) is 5.23. The highest BCUT2D eigenvalue weighted by Gasteiger charge is 2.16. The summed E-state index contributed by atoms with van der Waals surface area (Å²) < 4.78 is 0. The Labute approximate surface area is 112 Å². The number of hydrogen-bond acceptors (Lipinski definition) is 2. The molecule has 2 heteroatoms. The maximum absolute atomic E-state index is 9.89. The molecule has 3 rings (SSSR count). The first kappa shape index (κ1) is 11.9. The van der Waals surface area contributed by atoms with E-state index in [1.807, 2.05) is 36.0 Å². The van der Waals surface area contributed by atoms with Crippen LogP contribution >= 0.6 is 11.8 Å². The SMILES string of the molecule is Oc1ccc(SC2CCCCC2)c2ccccc12. The first-order valence-electron chi connectivity index (χ1n) is 6.72. The van der Waals surface area contributed by atoms with Crippen molar-refractivity contribution in [2.24, 2.45) is 0 Å². The molecule has 0 unspecified atom stereocenters. The van der Waals surface area contributed by atoms with E-state index in [-0.39, 0.29) is 0 Å². The molecule has 1 aliphatic rings. The van der Waals surface area contributed by atoms with E-state index in [1.54, 1.807) is 0 Å². The summed E-state index contributed by atoms with van der Waals surface area (Å²) >= 11 is 1.99. The second-order valence-corrected chi connectivity index (χ2v) is 6.35. The first-order valence-corrected chi connectivity index (χ1v) is 7.60. The van der Waals surface area contributed by atoms with Gasteiger partial charge in [0.05, 0.1) is 0 Å². The lowest BCUT2D eigenvalue weighted by Crippen LogP contribution is -2.07. The van der Waals surface area contributed by atoms with Gasteiger partial charge in [-0.1, -0.05) is 43.5 Å². The van der Waals surface area contributed by atoms with Crippen molar-refractivity contribution in [2.75, 3.05) is 0 Å². The van der Waals surface area contributed by atoms with Crippen LogP contribution in [0, 0.1) is 0 Å². The number of fused-ring (bicyclic) bond motifs is 1. The zero-order chi connectivity index (χ0) is 12.4. The van der Waals surface area contributed by atoms with Crippen LogP contribution in [0.3, 0.4) is 0 Å². The summed E-state index contributed by atoms with van der Waals surface area (Å²) in [6, 6.07) is 12.0. The van der Waals surface area contributed by atoms with Gasteiger partial charge < -0.3 is 5.11 Å². The molecule has 1 N–H and O–H groups in total. The number of phenolic OH excluding ortho intramolecular Hbond substituents is 1. The Morgan fingerprint density at radius 2 is 1.61 bits per heavy atom. The molecule has 1 saturated carbocycles. The smallest absolute Gasteiger partial charge is 0.123 e. The molecule has 0 amide bonds. The van der Waals surface area contributed by atoms with Crippen LogP contribution in [0.4, 0.5) is 0 Å². The molecular weight excluding hydrogens is 240 g/mol. The van der Waals surface area contributed by atoms with E-state index in [4.69, 9.17) is 0 Å². The lowest BCUT2D eigenvalue weighted by molar-refractivity contribution is 0.481. The molecule has 0 radical (unpaired) electrons. The van der Waals surface area contributed by atoms with Crippen LogP contribution in [0.25, 0.3) is 10.8 Å². The van der Waals surface area contributed by atoms with Crippen molar-refractivity contribution in [1.29, 1.82) is 0 Å². The molecular formula is C16H18OS. The minimum absolute atomic E-state index is 0.388. The fourth-order valence-corrected chi connectivity index (χ4v) is 4.10. The summed E-state index contributed by atoms with van der Waals surface area (Å²) in [6.45, 7) is 0. The third-order valence-corrected chi connectivity index (χ3v) is 5.12. The highest BCUT2D eigenvalue weighted by molar-refractivity contribution is 8.00. The van der Waals surface area contributed by atoms with Crippen molar-refractivity contribution in [3.63, 3.8) is 0 Å². The zero-order valence-electron chi connectivity index (χ0n) is 10.4. The molecule has 0 aliphatic heterocycles. The minimum Gasteiger partial charge on any atom is -0.507 e. The largest absolute Gasteiger partial charge is 0.507 e. The number of aromatic hydroxyl groups is 1. The predicted molar refractivity (Wildman–Crippen MR) is 78.3 cm³/mol. The van der Waals surface area contributed by atoms with Crippen LogP contribution in [-0.4, -0.2) is 10.4 Å². The maximum Gasteiger partial charge on any atom is 0.123 e. The molecule has 18 heavy (non-hydrogen) atoms. The van der Waals surface area contributed by atoms with Crippen LogP contribution in [-0.2, 0) is 0 Å². The van der Waals surface area contributed by atoms with Gasteiger partial charge in [-0.15, -0.1) is 11.8 Å². The minimum atomic E-state index is 0.388. The Morgan fingerprint density at radius 3 is 2.39 bits per heavy atom. The summed E-state index contributed by atoms with van der Waals surface area (Å²) in [7, 11) is 0. The molecule has 0 spiro atoms. The molecule has 0 aromatic heterocycles. The van der Waals surface area contributed by atoms with E-state index in [2.05, 4.69) is 12.1 Å². The van der Waals surface area contributed by atoms with Crippen LogP contribution in [0.2, 0.25) is 0 Å². The highest BCUT2D eigenvalue weighted by atomic mass is 32.2. The third kappa shape index (κ3) is 2.35. The number of benzene rings is 2. The topological polar surface area (TPSA) is 20.2 Å². The predicted octanol–water partition coefficient (Wildman–Crippen LogP) is 4.97. The Morgan fingerprint density at radius 1 is 0.889 bits per heavy atom. The number of hydrogen-bond donors (Lipinski definition) is 1. The molecule has 94 valence electrons. The molecule has 0 saturated heterocycles. The standard InChI is InChI=1S/C16H18OS/c17-15-10-11-16(14-9-5-4-8-13(14)15)18-12-6-2-1-3-7-12/h4-5,8-12,17H,1-3,6-7H2. The number of rotatable bonds is 2. The van der Waals surface area contributed by atoms with E-state index < -0.39 is 0 Å². The average Bonchev–Trinajstić information content (AvgIpc) is 2.44. The van der Waals surface area contributed by atoms with Crippen molar-refractivity contribution in [3.8, 4) is 5.75 Å². The first-order chi connectivity index (χ1) is 8.84. The van der Waals surface area contributed by atoms with Gasteiger partial charge in [-0.05, 0) is 30.4 Å². The fourth-order valence-electron chi connectivity index (χ4n) is 2.72. The molecule has 2 aromatic carbocycles. The Hall–Kier alpha value is -1.15. The third-order valence-electron chi connectivity index (χ3n) is 3.71. The molecule has 2 aromatic rings. The lowest BCUT2D eigenvalue weighted by Gasteiger charge is -2.21. The van der Waals surface area contributed by atoms with Crippen molar-refractivity contribution >= 4 is 22.5 Å². The van der Waals surface area contributed by atoms with Gasteiger partial charge in [0.25, 0.3) is 0 Å². The number of phenols is 1. The van der Waals surface area contributed by atoms with Crippen molar-refractivity contribution in [3.05, 3.63) is 36.4 Å².